The van der Waals surface area contributed by atoms with Crippen molar-refractivity contribution in [3.05, 3.63) is 231 Å². The van der Waals surface area contributed by atoms with Gasteiger partial charge in [-0.05, 0) is 148 Å². The molecule has 284 valence electrons. The van der Waals surface area contributed by atoms with E-state index in [1.807, 2.05) is 11.3 Å². The Labute approximate surface area is 359 Å². The number of benzene rings is 11. The van der Waals surface area contributed by atoms with Gasteiger partial charge < -0.3 is 0 Å². The zero-order chi connectivity index (χ0) is 40.3. The molecule has 0 unspecified atom stereocenters. The molecule has 12 aromatic rings. The molecule has 61 heavy (non-hydrogen) atoms. The van der Waals surface area contributed by atoms with Gasteiger partial charge in [-0.25, -0.2) is 0 Å². The van der Waals surface area contributed by atoms with E-state index in [1.165, 1.54) is 119 Å². The summed E-state index contributed by atoms with van der Waals surface area (Å²) in [7, 11) is 0. The lowest BCUT2D eigenvalue weighted by Gasteiger charge is -2.14. The van der Waals surface area contributed by atoms with Crippen molar-refractivity contribution in [3.8, 4) is 66.8 Å². The van der Waals surface area contributed by atoms with E-state index >= 15 is 0 Å². The molecular formula is C60H38S. The molecule has 0 atom stereocenters. The summed E-state index contributed by atoms with van der Waals surface area (Å²) in [5.74, 6) is 0. The Morgan fingerprint density at radius 1 is 0.197 bits per heavy atom. The van der Waals surface area contributed by atoms with E-state index in [0.717, 1.165) is 0 Å². The Morgan fingerprint density at radius 3 is 1.18 bits per heavy atom. The van der Waals surface area contributed by atoms with Crippen LogP contribution in [0.2, 0.25) is 0 Å². The fourth-order valence-corrected chi connectivity index (χ4v) is 10.7. The first-order valence-corrected chi connectivity index (χ1v) is 21.8. The van der Waals surface area contributed by atoms with Crippen molar-refractivity contribution < 1.29 is 0 Å². The summed E-state index contributed by atoms with van der Waals surface area (Å²) < 4.78 is 2.66. The summed E-state index contributed by atoms with van der Waals surface area (Å²) in [4.78, 5) is 0. The molecule has 0 aliphatic rings. The molecule has 0 amide bonds. The predicted molar refractivity (Wildman–Crippen MR) is 264 cm³/mol. The number of rotatable bonds is 6. The summed E-state index contributed by atoms with van der Waals surface area (Å²) in [6.45, 7) is 0. The van der Waals surface area contributed by atoms with E-state index in [-0.39, 0.29) is 0 Å². The van der Waals surface area contributed by atoms with Crippen LogP contribution in [0.25, 0.3) is 119 Å². The summed E-state index contributed by atoms with van der Waals surface area (Å²) in [6, 6.07) is 85.0. The van der Waals surface area contributed by atoms with E-state index in [0.29, 0.717) is 0 Å². The highest BCUT2D eigenvalue weighted by Gasteiger charge is 2.14. The molecule has 1 heterocycles. The molecule has 0 N–H and O–H groups in total. The van der Waals surface area contributed by atoms with Crippen LogP contribution in [0.5, 0.6) is 0 Å². The predicted octanol–water partition coefficient (Wildman–Crippen LogP) is 17.5. The maximum atomic E-state index is 2.38. The first-order chi connectivity index (χ1) is 30.2. The maximum Gasteiger partial charge on any atom is 0.0433 e. The molecule has 0 spiro atoms. The Morgan fingerprint density at radius 2 is 0.574 bits per heavy atom. The van der Waals surface area contributed by atoms with Crippen LogP contribution in [0, 0.1) is 0 Å². The molecule has 0 nitrogen and oxygen atoms in total. The van der Waals surface area contributed by atoms with Crippen molar-refractivity contribution in [1.29, 1.82) is 0 Å². The first kappa shape index (κ1) is 35.4. The Hall–Kier alpha value is -7.58. The maximum absolute atomic E-state index is 2.38. The summed E-state index contributed by atoms with van der Waals surface area (Å²) in [5.41, 5.74) is 14.5. The van der Waals surface area contributed by atoms with Crippen molar-refractivity contribution in [2.75, 3.05) is 0 Å². The molecule has 0 aliphatic heterocycles. The van der Waals surface area contributed by atoms with Gasteiger partial charge in [0.1, 0.15) is 0 Å². The average Bonchev–Trinajstić information content (AvgIpc) is 3.73. The molecule has 0 saturated heterocycles. The van der Waals surface area contributed by atoms with Crippen molar-refractivity contribution in [3.63, 3.8) is 0 Å². The number of hydrogen-bond donors (Lipinski definition) is 0. The highest BCUT2D eigenvalue weighted by Crippen LogP contribution is 2.42. The van der Waals surface area contributed by atoms with Crippen LogP contribution in [0.15, 0.2) is 231 Å². The lowest BCUT2D eigenvalue weighted by Crippen LogP contribution is -1.88. The summed E-state index contributed by atoms with van der Waals surface area (Å²) >= 11 is 1.88. The molecule has 1 heteroatoms. The Balaban J connectivity index is 0.944. The van der Waals surface area contributed by atoms with Crippen LogP contribution in [0.3, 0.4) is 0 Å². The normalized spacial score (nSPS) is 11.6. The van der Waals surface area contributed by atoms with Gasteiger partial charge in [-0.3, -0.25) is 0 Å². The Bertz CT molecular complexity index is 3610. The third-order valence-electron chi connectivity index (χ3n) is 12.4. The zero-order valence-electron chi connectivity index (χ0n) is 33.3. The van der Waals surface area contributed by atoms with Crippen LogP contribution in [-0.4, -0.2) is 0 Å². The monoisotopic (exact) mass is 790 g/mol. The second-order valence-corrected chi connectivity index (χ2v) is 17.1. The molecule has 12 rings (SSSR count). The smallest absolute Gasteiger partial charge is 0.0433 e. The van der Waals surface area contributed by atoms with E-state index < -0.39 is 0 Å². The van der Waals surface area contributed by atoms with Crippen LogP contribution in [0.4, 0.5) is 0 Å². The highest BCUT2D eigenvalue weighted by atomic mass is 32.1. The van der Waals surface area contributed by atoms with Gasteiger partial charge in [-0.1, -0.05) is 182 Å². The molecule has 0 bridgehead atoms. The van der Waals surface area contributed by atoms with Gasteiger partial charge in [0.25, 0.3) is 0 Å². The minimum absolute atomic E-state index is 1.19. The zero-order valence-corrected chi connectivity index (χ0v) is 34.2. The standard InChI is InChI=1S/C60H38S/c1-2-14-39(15-3-1)47-35-48(37-49(36-47)44-20-12-21-46(34-44)50-27-13-28-57-56-26-8-9-29-59(56)61-60(50)57)43-19-11-17-41(33-43)40-16-10-18-42(32-40)45-30-31-55-53-24-5-4-22-51(53)52-23-6-7-25-54(52)58(55)38-45/h1-38H. The van der Waals surface area contributed by atoms with Gasteiger partial charge >= 0.3 is 0 Å². The molecule has 1 aromatic heterocycles. The van der Waals surface area contributed by atoms with Crippen LogP contribution in [-0.2, 0) is 0 Å². The lowest BCUT2D eigenvalue weighted by molar-refractivity contribution is 1.55. The molecular weight excluding hydrogens is 753 g/mol. The molecule has 11 aromatic carbocycles. The van der Waals surface area contributed by atoms with Crippen LogP contribution < -0.4 is 0 Å². The van der Waals surface area contributed by atoms with Gasteiger partial charge in [0.2, 0.25) is 0 Å². The second-order valence-electron chi connectivity index (χ2n) is 16.0. The van der Waals surface area contributed by atoms with Crippen molar-refractivity contribution in [1.82, 2.24) is 0 Å². The van der Waals surface area contributed by atoms with E-state index in [1.54, 1.807) is 0 Å². The van der Waals surface area contributed by atoms with Gasteiger partial charge in [0.15, 0.2) is 0 Å². The second kappa shape index (κ2) is 14.6. The highest BCUT2D eigenvalue weighted by molar-refractivity contribution is 7.26. The SMILES string of the molecule is c1ccc(-c2cc(-c3cccc(-c4cccc(-c5ccc6c7ccccc7c7ccccc7c6c5)c4)c3)cc(-c3cccc(-c4cccc5c4sc4ccccc45)c3)c2)cc1. The van der Waals surface area contributed by atoms with Crippen LogP contribution in [0.1, 0.15) is 0 Å². The Kier molecular flexibility index (Phi) is 8.47. The summed E-state index contributed by atoms with van der Waals surface area (Å²) in [6.07, 6.45) is 0. The molecule has 0 radical (unpaired) electrons. The minimum Gasteiger partial charge on any atom is -0.135 e. The number of fused-ring (bicyclic) bond motifs is 9. The van der Waals surface area contributed by atoms with E-state index in [2.05, 4.69) is 231 Å². The van der Waals surface area contributed by atoms with Crippen LogP contribution >= 0.6 is 11.3 Å². The molecule has 0 fully saturated rings. The molecule has 0 saturated carbocycles. The van der Waals surface area contributed by atoms with Crippen molar-refractivity contribution in [2.45, 2.75) is 0 Å². The van der Waals surface area contributed by atoms with Gasteiger partial charge in [0, 0.05) is 20.2 Å². The molecule has 0 aliphatic carbocycles. The largest absolute Gasteiger partial charge is 0.135 e. The van der Waals surface area contributed by atoms with E-state index in [9.17, 15) is 0 Å². The average molecular weight is 791 g/mol. The topological polar surface area (TPSA) is 0 Å². The first-order valence-electron chi connectivity index (χ1n) is 21.0. The van der Waals surface area contributed by atoms with E-state index in [4.69, 9.17) is 0 Å². The number of hydrogen-bond acceptors (Lipinski definition) is 1. The van der Waals surface area contributed by atoms with Gasteiger partial charge in [0.05, 0.1) is 0 Å². The quantitative estimate of drug-likeness (QED) is 0.147. The van der Waals surface area contributed by atoms with Crippen molar-refractivity contribution >= 4 is 63.8 Å². The van der Waals surface area contributed by atoms with Gasteiger partial charge in [-0.2, -0.15) is 0 Å². The minimum atomic E-state index is 1.19. The van der Waals surface area contributed by atoms with Crippen molar-refractivity contribution in [2.24, 2.45) is 0 Å². The fourth-order valence-electron chi connectivity index (χ4n) is 9.44. The summed E-state index contributed by atoms with van der Waals surface area (Å²) in [5, 5.41) is 10.4. The van der Waals surface area contributed by atoms with Gasteiger partial charge in [-0.15, -0.1) is 11.3 Å². The fraction of sp³-hybridized carbons (Fsp3) is 0. The lowest BCUT2D eigenvalue weighted by atomic mass is 9.90. The number of thiophene rings is 1. The third-order valence-corrected chi connectivity index (χ3v) is 13.6. The third kappa shape index (κ3) is 6.22.